The number of rotatable bonds is 5. The van der Waals surface area contributed by atoms with Crippen molar-refractivity contribution in [1.29, 1.82) is 0 Å². The summed E-state index contributed by atoms with van der Waals surface area (Å²) in [5.74, 6) is 0.963. The minimum Gasteiger partial charge on any atom is -0.294 e. The molecule has 1 aromatic heterocycles. The Kier molecular flexibility index (Phi) is 3.13. The van der Waals surface area contributed by atoms with Crippen molar-refractivity contribution in [3.63, 3.8) is 0 Å². The van der Waals surface area contributed by atoms with Gasteiger partial charge in [0, 0.05) is 12.2 Å². The fraction of sp³-hybridized carbons (Fsp3) is 0.692. The van der Waals surface area contributed by atoms with Crippen LogP contribution in [0.25, 0.3) is 0 Å². The third-order valence-electron chi connectivity index (χ3n) is 3.28. The molecule has 0 atom stereocenters. The molecule has 3 heteroatoms. The van der Waals surface area contributed by atoms with E-state index in [0.29, 0.717) is 0 Å². The normalized spacial score (nSPS) is 15.4. The maximum absolute atomic E-state index is 11.7. The molecule has 1 saturated carbocycles. The van der Waals surface area contributed by atoms with E-state index < -0.39 is 0 Å². The Morgan fingerprint density at radius 2 is 2.06 bits per heavy atom. The summed E-state index contributed by atoms with van der Waals surface area (Å²) in [6.07, 6.45) is 4.38. The molecule has 1 aromatic rings. The highest BCUT2D eigenvalue weighted by Gasteiger charge is 2.25. The Bertz CT molecular complexity index is 402. The van der Waals surface area contributed by atoms with Gasteiger partial charge in [0.15, 0.2) is 5.78 Å². The highest BCUT2D eigenvalue weighted by molar-refractivity contribution is 5.96. The van der Waals surface area contributed by atoms with E-state index in [4.69, 9.17) is 0 Å². The molecule has 1 fully saturated rings. The Labute approximate surface area is 96.8 Å². The van der Waals surface area contributed by atoms with Gasteiger partial charge in [-0.25, -0.2) is 0 Å². The molecule has 1 heterocycles. The van der Waals surface area contributed by atoms with E-state index in [0.717, 1.165) is 42.3 Å². The molecule has 0 amide bonds. The van der Waals surface area contributed by atoms with Crippen LogP contribution in [-0.4, -0.2) is 15.6 Å². The number of ketones is 1. The summed E-state index contributed by atoms with van der Waals surface area (Å²) in [6.45, 7) is 6.82. The minimum atomic E-state index is 0.163. The van der Waals surface area contributed by atoms with Crippen LogP contribution in [0.2, 0.25) is 0 Å². The maximum Gasteiger partial charge on any atom is 0.163 e. The lowest BCUT2D eigenvalue weighted by molar-refractivity contribution is 0.101. The van der Waals surface area contributed by atoms with E-state index >= 15 is 0 Å². The van der Waals surface area contributed by atoms with Gasteiger partial charge in [0.25, 0.3) is 0 Å². The van der Waals surface area contributed by atoms with Crippen LogP contribution in [0.3, 0.4) is 0 Å². The van der Waals surface area contributed by atoms with Gasteiger partial charge in [-0.15, -0.1) is 0 Å². The molecule has 0 unspecified atom stereocenters. The first-order valence-corrected chi connectivity index (χ1v) is 6.26. The van der Waals surface area contributed by atoms with Gasteiger partial charge >= 0.3 is 0 Å². The average molecular weight is 220 g/mol. The van der Waals surface area contributed by atoms with Gasteiger partial charge < -0.3 is 0 Å². The summed E-state index contributed by atoms with van der Waals surface area (Å²) in [4.78, 5) is 11.7. The molecule has 0 radical (unpaired) electrons. The van der Waals surface area contributed by atoms with Crippen molar-refractivity contribution in [3.8, 4) is 0 Å². The Morgan fingerprint density at radius 1 is 1.38 bits per heavy atom. The van der Waals surface area contributed by atoms with Crippen LogP contribution in [0.5, 0.6) is 0 Å². The van der Waals surface area contributed by atoms with Crippen molar-refractivity contribution in [2.45, 2.75) is 53.0 Å². The summed E-state index contributed by atoms with van der Waals surface area (Å²) >= 11 is 0. The number of Topliss-reactive ketones (excluding diaryl/α,β-unsaturated/α-hetero) is 1. The summed E-state index contributed by atoms with van der Waals surface area (Å²) in [5.41, 5.74) is 2.99. The molecule has 0 spiro atoms. The standard InChI is InChI=1S/C13H20N2O/c1-4-11-13(9(3)16)12(5-2)15(14-11)8-10-6-7-10/h10H,4-8H2,1-3H3. The Balaban J connectivity index is 2.39. The van der Waals surface area contributed by atoms with Gasteiger partial charge in [0.1, 0.15) is 0 Å². The number of aryl methyl sites for hydroxylation is 1. The van der Waals surface area contributed by atoms with Gasteiger partial charge in [-0.3, -0.25) is 9.48 Å². The van der Waals surface area contributed by atoms with Gasteiger partial charge in [-0.2, -0.15) is 5.10 Å². The average Bonchev–Trinajstić information content (AvgIpc) is 2.97. The lowest BCUT2D eigenvalue weighted by atomic mass is 10.1. The van der Waals surface area contributed by atoms with E-state index in [1.807, 2.05) is 0 Å². The summed E-state index contributed by atoms with van der Waals surface area (Å²) in [5, 5.41) is 4.60. The first-order chi connectivity index (χ1) is 7.67. The summed E-state index contributed by atoms with van der Waals surface area (Å²) in [6, 6.07) is 0. The Morgan fingerprint density at radius 3 is 2.50 bits per heavy atom. The van der Waals surface area contributed by atoms with E-state index in [1.165, 1.54) is 12.8 Å². The van der Waals surface area contributed by atoms with E-state index in [2.05, 4.69) is 23.6 Å². The number of aromatic nitrogens is 2. The van der Waals surface area contributed by atoms with Crippen molar-refractivity contribution in [3.05, 3.63) is 17.0 Å². The molecule has 1 aliphatic rings. The predicted molar refractivity (Wildman–Crippen MR) is 63.7 cm³/mol. The highest BCUT2D eigenvalue weighted by Crippen LogP contribution is 2.31. The lowest BCUT2D eigenvalue weighted by Crippen LogP contribution is -2.07. The van der Waals surface area contributed by atoms with Gasteiger partial charge in [-0.1, -0.05) is 13.8 Å². The number of carbonyl (C=O) groups is 1. The Hall–Kier alpha value is -1.12. The lowest BCUT2D eigenvalue weighted by Gasteiger charge is -2.05. The zero-order chi connectivity index (χ0) is 11.7. The quantitative estimate of drug-likeness (QED) is 0.715. The zero-order valence-corrected chi connectivity index (χ0v) is 10.4. The van der Waals surface area contributed by atoms with Crippen LogP contribution in [0.4, 0.5) is 0 Å². The molecule has 0 aliphatic heterocycles. The van der Waals surface area contributed by atoms with Crippen LogP contribution in [0.15, 0.2) is 0 Å². The van der Waals surface area contributed by atoms with Crippen LogP contribution in [0, 0.1) is 5.92 Å². The fourth-order valence-electron chi connectivity index (χ4n) is 2.26. The second kappa shape index (κ2) is 4.40. The third kappa shape index (κ3) is 2.04. The number of carbonyl (C=O) groups excluding carboxylic acids is 1. The molecule has 0 bridgehead atoms. The van der Waals surface area contributed by atoms with E-state index in [9.17, 15) is 4.79 Å². The largest absolute Gasteiger partial charge is 0.294 e. The number of hydrogen-bond acceptors (Lipinski definition) is 2. The zero-order valence-electron chi connectivity index (χ0n) is 10.4. The fourth-order valence-corrected chi connectivity index (χ4v) is 2.26. The second-order valence-electron chi connectivity index (χ2n) is 4.66. The summed E-state index contributed by atoms with van der Waals surface area (Å²) in [7, 11) is 0. The molecule has 3 nitrogen and oxygen atoms in total. The maximum atomic E-state index is 11.7. The predicted octanol–water partition coefficient (Wildman–Crippen LogP) is 2.62. The van der Waals surface area contributed by atoms with Crippen molar-refractivity contribution in [2.75, 3.05) is 0 Å². The SMILES string of the molecule is CCc1nn(CC2CC2)c(CC)c1C(C)=O. The van der Waals surface area contributed by atoms with Crippen molar-refractivity contribution < 1.29 is 4.79 Å². The molecule has 16 heavy (non-hydrogen) atoms. The number of nitrogens with zero attached hydrogens (tertiary/aromatic N) is 2. The van der Waals surface area contributed by atoms with Gasteiger partial charge in [0.2, 0.25) is 0 Å². The van der Waals surface area contributed by atoms with Gasteiger partial charge in [-0.05, 0) is 38.5 Å². The van der Waals surface area contributed by atoms with Crippen LogP contribution < -0.4 is 0 Å². The van der Waals surface area contributed by atoms with Crippen LogP contribution >= 0.6 is 0 Å². The van der Waals surface area contributed by atoms with Crippen molar-refractivity contribution in [1.82, 2.24) is 9.78 Å². The highest BCUT2D eigenvalue weighted by atomic mass is 16.1. The molecule has 0 saturated heterocycles. The molecule has 0 N–H and O–H groups in total. The first-order valence-electron chi connectivity index (χ1n) is 6.26. The number of hydrogen-bond donors (Lipinski definition) is 0. The molecule has 88 valence electrons. The van der Waals surface area contributed by atoms with Crippen molar-refractivity contribution in [2.24, 2.45) is 5.92 Å². The molecule has 1 aliphatic carbocycles. The van der Waals surface area contributed by atoms with E-state index in [1.54, 1.807) is 6.92 Å². The third-order valence-corrected chi connectivity index (χ3v) is 3.28. The monoisotopic (exact) mass is 220 g/mol. The topological polar surface area (TPSA) is 34.9 Å². The van der Waals surface area contributed by atoms with Crippen molar-refractivity contribution >= 4 is 5.78 Å². The van der Waals surface area contributed by atoms with Gasteiger partial charge in [0.05, 0.1) is 11.3 Å². The molecule has 0 aromatic carbocycles. The second-order valence-corrected chi connectivity index (χ2v) is 4.66. The van der Waals surface area contributed by atoms with E-state index in [-0.39, 0.29) is 5.78 Å². The summed E-state index contributed by atoms with van der Waals surface area (Å²) < 4.78 is 2.08. The molecular formula is C13H20N2O. The molecular weight excluding hydrogens is 200 g/mol. The van der Waals surface area contributed by atoms with Crippen LogP contribution in [-0.2, 0) is 19.4 Å². The van der Waals surface area contributed by atoms with Crippen LogP contribution in [0.1, 0.15) is 55.4 Å². The smallest absolute Gasteiger partial charge is 0.163 e. The minimum absolute atomic E-state index is 0.163. The first kappa shape index (κ1) is 11.4. The molecule has 2 rings (SSSR count).